The van der Waals surface area contributed by atoms with Crippen LogP contribution in [0, 0.1) is 12.8 Å². The third-order valence-corrected chi connectivity index (χ3v) is 3.70. The zero-order valence-corrected chi connectivity index (χ0v) is 18.0. The Morgan fingerprint density at radius 3 is 2.38 bits per heavy atom. The molecule has 2 rings (SSSR count). The number of carbonyl (C=O) groups excluding carboxylic acids is 2. The van der Waals surface area contributed by atoms with Crippen LogP contribution in [0.4, 0.5) is 0 Å². The molecule has 152 valence electrons. The van der Waals surface area contributed by atoms with Crippen LogP contribution in [0.25, 0.3) is 0 Å². The fraction of sp³-hybridized carbons (Fsp3) is 0.562. The molecule has 1 saturated heterocycles. The van der Waals surface area contributed by atoms with Crippen LogP contribution in [0.1, 0.15) is 37.2 Å². The van der Waals surface area contributed by atoms with Gasteiger partial charge >= 0.3 is 37.2 Å². The number of ether oxygens (including phenoxy) is 2. The number of hydrogen-bond donors (Lipinski definition) is 1. The summed E-state index contributed by atoms with van der Waals surface area (Å²) in [6.07, 6.45) is 1.82. The average molecular weight is 572 g/mol. The number of carbonyl (C=O) groups is 2. The number of rotatable bonds is 2. The van der Waals surface area contributed by atoms with Gasteiger partial charge in [0.2, 0.25) is 0 Å². The molecule has 8 nitrogen and oxygen atoms in total. The Morgan fingerprint density at radius 1 is 1.31 bits per heavy atom. The zero-order chi connectivity index (χ0) is 20.1. The number of halogens is 1. The topological polar surface area (TPSA) is 112 Å². The Hall–Kier alpha value is -1.37. The molecule has 0 bridgehead atoms. The normalized spacial score (nSPS) is 18.5. The third-order valence-electron chi connectivity index (χ3n) is 3.50. The maximum absolute atomic E-state index is 11.1. The van der Waals surface area contributed by atoms with Gasteiger partial charge in [0.25, 0.3) is 0 Å². The van der Waals surface area contributed by atoms with Crippen LogP contribution in [0.5, 0.6) is 0 Å². The van der Waals surface area contributed by atoms with Crippen molar-refractivity contribution in [2.24, 2.45) is 5.92 Å². The predicted octanol–water partition coefficient (Wildman–Crippen LogP) is 2.38. The second-order valence-electron chi connectivity index (χ2n) is 5.46. The molecule has 1 aromatic rings. The molecule has 0 radical (unpaired) electrons. The molecule has 2 unspecified atom stereocenters. The number of piperidine rings is 1. The number of hydrogen-bond acceptors (Lipinski definition) is 8. The van der Waals surface area contributed by atoms with Gasteiger partial charge < -0.3 is 14.8 Å². The predicted molar refractivity (Wildman–Crippen MR) is 91.0 cm³/mol. The number of esters is 2. The van der Waals surface area contributed by atoms with E-state index in [0.717, 1.165) is 19.4 Å². The van der Waals surface area contributed by atoms with Gasteiger partial charge in [-0.25, -0.2) is 9.78 Å². The van der Waals surface area contributed by atoms with Gasteiger partial charge in [-0.05, 0) is 45.4 Å². The van der Waals surface area contributed by atoms with E-state index < -0.39 is 24.5 Å². The summed E-state index contributed by atoms with van der Waals surface area (Å²) in [6.45, 7) is 4.79. The van der Waals surface area contributed by atoms with Crippen LogP contribution >= 0.6 is 11.6 Å². The van der Waals surface area contributed by atoms with Crippen LogP contribution in [-0.4, -0.2) is 43.7 Å². The molecule has 26 heavy (non-hydrogen) atoms. The van der Waals surface area contributed by atoms with Gasteiger partial charge in [-0.2, -0.15) is 0 Å². The second kappa shape index (κ2) is 13.8. The summed E-state index contributed by atoms with van der Waals surface area (Å²) < 4.78 is 26.2. The van der Waals surface area contributed by atoms with Crippen molar-refractivity contribution in [3.05, 3.63) is 28.5 Å². The molecule has 1 aliphatic heterocycles. The SMILES string of the molecule is COC(=O)C1CCNC(C)C1.COC(=O)c1cc(C)nc(Cl)c1.[HH].[O]=[Pt]=[O]. The summed E-state index contributed by atoms with van der Waals surface area (Å²) in [5, 5.41) is 3.58. The first kappa shape index (κ1) is 24.6. The van der Waals surface area contributed by atoms with Crippen molar-refractivity contribution in [2.45, 2.75) is 32.7 Å². The van der Waals surface area contributed by atoms with Gasteiger partial charge in [-0.1, -0.05) is 11.6 Å². The fourth-order valence-corrected chi connectivity index (χ4v) is 2.63. The molecule has 0 aromatic carbocycles. The van der Waals surface area contributed by atoms with E-state index in [1.54, 1.807) is 13.0 Å². The molecular weight excluding hydrogens is 547 g/mol. The summed E-state index contributed by atoms with van der Waals surface area (Å²) >= 11 is 3.72. The minimum absolute atomic E-state index is 0. The van der Waals surface area contributed by atoms with Crippen molar-refractivity contribution >= 4 is 23.5 Å². The van der Waals surface area contributed by atoms with Gasteiger partial charge in [-0.3, -0.25) is 4.79 Å². The Bertz CT molecular complexity index is 623. The zero-order valence-electron chi connectivity index (χ0n) is 15.0. The van der Waals surface area contributed by atoms with Gasteiger partial charge in [-0.15, -0.1) is 0 Å². The van der Waals surface area contributed by atoms with Crippen LogP contribution in [0.2, 0.25) is 5.15 Å². The molecule has 1 fully saturated rings. The first-order valence-corrected chi connectivity index (χ1v) is 9.90. The number of pyridine rings is 1. The summed E-state index contributed by atoms with van der Waals surface area (Å²) in [7, 11) is 2.78. The van der Waals surface area contributed by atoms with Gasteiger partial charge in [0.05, 0.1) is 25.7 Å². The number of methoxy groups -OCH3 is 2. The molecule has 10 heteroatoms. The third kappa shape index (κ3) is 9.94. The van der Waals surface area contributed by atoms with Crippen LogP contribution in [0.15, 0.2) is 12.1 Å². The Balaban J connectivity index is 0. The number of aromatic nitrogens is 1. The fourth-order valence-electron chi connectivity index (χ4n) is 2.38. The summed E-state index contributed by atoms with van der Waals surface area (Å²) in [4.78, 5) is 26.0. The van der Waals surface area contributed by atoms with Crippen LogP contribution in [-0.2, 0) is 39.6 Å². The number of nitrogens with one attached hydrogen (secondary N) is 1. The summed E-state index contributed by atoms with van der Waals surface area (Å²) in [5.74, 6) is -0.336. The molecular formula is C16H25ClN2O6Pt. The molecule has 2 heterocycles. The van der Waals surface area contributed by atoms with E-state index in [1.165, 1.54) is 20.3 Å². The van der Waals surface area contributed by atoms with Crippen molar-refractivity contribution < 1.29 is 45.8 Å². The van der Waals surface area contributed by atoms with Crippen LogP contribution < -0.4 is 5.32 Å². The van der Waals surface area contributed by atoms with E-state index in [-0.39, 0.29) is 13.3 Å². The van der Waals surface area contributed by atoms with Crippen LogP contribution in [0.3, 0.4) is 0 Å². The first-order chi connectivity index (χ1) is 12.3. The van der Waals surface area contributed by atoms with Crippen molar-refractivity contribution in [1.29, 1.82) is 0 Å². The van der Waals surface area contributed by atoms with E-state index in [1.807, 2.05) is 0 Å². The standard InChI is InChI=1S/C8H8ClNO2.C8H15NO2.2O.Pt.H2/c1-5-3-6(8(11)12-2)4-7(9)10-5;1-6-5-7(3-4-9-6)8(10)11-2;;;;/h3-4H,1-2H3;6-7,9H,3-5H2,1-2H3;;;;1H. The molecule has 2 atom stereocenters. The van der Waals surface area contributed by atoms with Crippen molar-refractivity contribution in [3.8, 4) is 0 Å². The van der Waals surface area contributed by atoms with Crippen molar-refractivity contribution in [2.75, 3.05) is 20.8 Å². The molecule has 0 spiro atoms. The molecule has 1 aromatic heterocycles. The monoisotopic (exact) mass is 571 g/mol. The minimum atomic E-state index is -1.92. The molecule has 1 N–H and O–H groups in total. The van der Waals surface area contributed by atoms with E-state index in [9.17, 15) is 9.59 Å². The quantitative estimate of drug-likeness (QED) is 0.426. The Kier molecular flexibility index (Phi) is 13.1. The van der Waals surface area contributed by atoms with Crippen molar-refractivity contribution in [1.82, 2.24) is 10.3 Å². The number of nitrogens with zero attached hydrogens (tertiary/aromatic N) is 1. The van der Waals surface area contributed by atoms with E-state index in [0.29, 0.717) is 22.5 Å². The van der Waals surface area contributed by atoms with Gasteiger partial charge in [0.1, 0.15) is 5.15 Å². The van der Waals surface area contributed by atoms with Crippen molar-refractivity contribution in [3.63, 3.8) is 0 Å². The summed E-state index contributed by atoms with van der Waals surface area (Å²) in [5.41, 5.74) is 1.12. The number of aryl methyl sites for hydroxylation is 1. The summed E-state index contributed by atoms with van der Waals surface area (Å²) in [6, 6.07) is 3.55. The molecule has 0 saturated carbocycles. The average Bonchev–Trinajstić information content (AvgIpc) is 2.60. The van der Waals surface area contributed by atoms with E-state index in [2.05, 4.69) is 26.7 Å². The van der Waals surface area contributed by atoms with E-state index in [4.69, 9.17) is 18.4 Å². The van der Waals surface area contributed by atoms with E-state index >= 15 is 0 Å². The molecule has 0 aliphatic carbocycles. The Labute approximate surface area is 167 Å². The first-order valence-electron chi connectivity index (χ1n) is 7.67. The Morgan fingerprint density at radius 2 is 1.92 bits per heavy atom. The molecule has 0 amide bonds. The second-order valence-corrected chi connectivity index (χ2v) is 6.23. The van der Waals surface area contributed by atoms with Gasteiger partial charge in [0, 0.05) is 13.2 Å². The maximum atomic E-state index is 11.1. The molecule has 1 aliphatic rings. The van der Waals surface area contributed by atoms with Gasteiger partial charge in [0.15, 0.2) is 0 Å².